The standard InChI is InChI=1S/C26H23Cl2NO/c1-18(19-8-3-2-4-9-19)29-16-22-21-11-6-5-10-20(21)14-15-26(22)30-17-23-24(27)12-7-13-25(23)28/h2-15,18,29H,16-17H2,1H3/t18-/m0/s1. The van der Waals surface area contributed by atoms with Crippen LogP contribution in [-0.4, -0.2) is 0 Å². The van der Waals surface area contributed by atoms with Crippen molar-refractivity contribution in [2.24, 2.45) is 0 Å². The second-order valence-corrected chi connectivity index (χ2v) is 8.08. The van der Waals surface area contributed by atoms with Crippen LogP contribution in [0.5, 0.6) is 5.75 Å². The van der Waals surface area contributed by atoms with Crippen molar-refractivity contribution in [2.75, 3.05) is 0 Å². The van der Waals surface area contributed by atoms with Gasteiger partial charge in [-0.25, -0.2) is 0 Å². The van der Waals surface area contributed by atoms with Gasteiger partial charge in [0.2, 0.25) is 0 Å². The molecule has 0 spiro atoms. The van der Waals surface area contributed by atoms with Gasteiger partial charge >= 0.3 is 0 Å². The first kappa shape index (κ1) is 20.7. The maximum atomic E-state index is 6.32. The first-order chi connectivity index (χ1) is 14.6. The number of hydrogen-bond donors (Lipinski definition) is 1. The first-order valence-electron chi connectivity index (χ1n) is 9.98. The smallest absolute Gasteiger partial charge is 0.124 e. The van der Waals surface area contributed by atoms with E-state index in [0.717, 1.165) is 16.9 Å². The Labute approximate surface area is 187 Å². The van der Waals surface area contributed by atoms with Crippen molar-refractivity contribution in [2.45, 2.75) is 26.1 Å². The Morgan fingerprint density at radius 1 is 0.767 bits per heavy atom. The third-order valence-corrected chi connectivity index (χ3v) is 6.02. The Bertz CT molecular complexity index is 1120. The predicted octanol–water partition coefficient (Wildman–Crippen LogP) is 7.58. The fourth-order valence-electron chi connectivity index (χ4n) is 3.57. The normalized spacial score (nSPS) is 12.1. The Morgan fingerprint density at radius 2 is 1.47 bits per heavy atom. The lowest BCUT2D eigenvalue weighted by atomic mass is 10.0. The lowest BCUT2D eigenvalue weighted by Gasteiger charge is -2.19. The molecule has 0 unspecified atom stereocenters. The van der Waals surface area contributed by atoms with Crippen LogP contribution in [0.1, 0.15) is 29.7 Å². The Hall–Kier alpha value is -2.52. The van der Waals surface area contributed by atoms with Crippen LogP contribution in [-0.2, 0) is 13.2 Å². The number of hydrogen-bond acceptors (Lipinski definition) is 2. The minimum atomic E-state index is 0.219. The highest BCUT2D eigenvalue weighted by atomic mass is 35.5. The number of ether oxygens (including phenoxy) is 1. The van der Waals surface area contributed by atoms with E-state index in [1.165, 1.54) is 16.3 Å². The lowest BCUT2D eigenvalue weighted by Crippen LogP contribution is -2.18. The van der Waals surface area contributed by atoms with Gasteiger partial charge < -0.3 is 10.1 Å². The molecular weight excluding hydrogens is 413 g/mol. The van der Waals surface area contributed by atoms with Crippen molar-refractivity contribution in [3.63, 3.8) is 0 Å². The summed E-state index contributed by atoms with van der Waals surface area (Å²) >= 11 is 12.6. The summed E-state index contributed by atoms with van der Waals surface area (Å²) in [4.78, 5) is 0. The Morgan fingerprint density at radius 3 is 2.23 bits per heavy atom. The maximum absolute atomic E-state index is 6.32. The van der Waals surface area contributed by atoms with Crippen LogP contribution in [0, 0.1) is 0 Å². The number of rotatable bonds is 7. The van der Waals surface area contributed by atoms with Gasteiger partial charge in [0.1, 0.15) is 12.4 Å². The van der Waals surface area contributed by atoms with E-state index in [9.17, 15) is 0 Å². The predicted molar refractivity (Wildman–Crippen MR) is 126 cm³/mol. The van der Waals surface area contributed by atoms with E-state index in [1.807, 2.05) is 30.3 Å². The van der Waals surface area contributed by atoms with E-state index < -0.39 is 0 Å². The van der Waals surface area contributed by atoms with E-state index >= 15 is 0 Å². The van der Waals surface area contributed by atoms with E-state index in [0.29, 0.717) is 23.2 Å². The van der Waals surface area contributed by atoms with Crippen molar-refractivity contribution in [3.8, 4) is 5.75 Å². The SMILES string of the molecule is C[C@H](NCc1c(OCc2c(Cl)cccc2Cl)ccc2ccccc12)c1ccccc1. The van der Waals surface area contributed by atoms with E-state index in [1.54, 1.807) is 0 Å². The molecule has 0 saturated heterocycles. The summed E-state index contributed by atoms with van der Waals surface area (Å²) in [5, 5.41) is 7.22. The van der Waals surface area contributed by atoms with Crippen molar-refractivity contribution in [1.82, 2.24) is 5.32 Å². The van der Waals surface area contributed by atoms with Crippen LogP contribution < -0.4 is 10.1 Å². The largest absolute Gasteiger partial charge is 0.488 e. The fraction of sp³-hybridized carbons (Fsp3) is 0.154. The molecule has 4 heteroatoms. The van der Waals surface area contributed by atoms with Crippen LogP contribution >= 0.6 is 23.2 Å². The average molecular weight is 436 g/mol. The molecule has 30 heavy (non-hydrogen) atoms. The summed E-state index contributed by atoms with van der Waals surface area (Å²) in [5.74, 6) is 0.831. The Kier molecular flexibility index (Phi) is 6.59. The minimum absolute atomic E-state index is 0.219. The lowest BCUT2D eigenvalue weighted by molar-refractivity contribution is 0.302. The quantitative estimate of drug-likeness (QED) is 0.323. The highest BCUT2D eigenvalue weighted by molar-refractivity contribution is 6.35. The van der Waals surface area contributed by atoms with Crippen LogP contribution in [0.2, 0.25) is 10.0 Å². The van der Waals surface area contributed by atoms with Gasteiger partial charge in [-0.15, -0.1) is 0 Å². The van der Waals surface area contributed by atoms with Crippen molar-refractivity contribution in [1.29, 1.82) is 0 Å². The molecule has 2 nitrogen and oxygen atoms in total. The number of halogens is 2. The Balaban J connectivity index is 1.61. The molecule has 152 valence electrons. The zero-order valence-electron chi connectivity index (χ0n) is 16.7. The summed E-state index contributed by atoms with van der Waals surface area (Å²) in [6, 6.07) is 28.6. The summed E-state index contributed by atoms with van der Waals surface area (Å²) in [6.45, 7) is 3.17. The molecule has 0 amide bonds. The summed E-state index contributed by atoms with van der Waals surface area (Å²) in [5.41, 5.74) is 3.17. The van der Waals surface area contributed by atoms with Crippen molar-refractivity contribution in [3.05, 3.63) is 112 Å². The highest BCUT2D eigenvalue weighted by Gasteiger charge is 2.13. The molecule has 0 aliphatic carbocycles. The summed E-state index contributed by atoms with van der Waals surface area (Å²) in [7, 11) is 0. The number of benzene rings is 4. The first-order valence-corrected chi connectivity index (χ1v) is 10.7. The number of nitrogens with one attached hydrogen (secondary N) is 1. The molecule has 0 aliphatic heterocycles. The fourth-order valence-corrected chi connectivity index (χ4v) is 4.07. The van der Waals surface area contributed by atoms with Crippen LogP contribution in [0.4, 0.5) is 0 Å². The highest BCUT2D eigenvalue weighted by Crippen LogP contribution is 2.31. The molecule has 1 atom stereocenters. The van der Waals surface area contributed by atoms with Gasteiger partial charge in [0, 0.05) is 33.8 Å². The van der Waals surface area contributed by atoms with Crippen molar-refractivity contribution >= 4 is 34.0 Å². The summed E-state index contributed by atoms with van der Waals surface area (Å²) in [6.07, 6.45) is 0. The average Bonchev–Trinajstić information content (AvgIpc) is 2.78. The van der Waals surface area contributed by atoms with Gasteiger partial charge in [0.05, 0.1) is 0 Å². The molecule has 4 rings (SSSR count). The van der Waals surface area contributed by atoms with Crippen molar-refractivity contribution < 1.29 is 4.74 Å². The molecule has 0 radical (unpaired) electrons. The van der Waals surface area contributed by atoms with Gasteiger partial charge in [0.25, 0.3) is 0 Å². The topological polar surface area (TPSA) is 21.3 Å². The molecule has 0 aliphatic rings. The molecule has 0 heterocycles. The van der Waals surface area contributed by atoms with Gasteiger partial charge in [0.15, 0.2) is 0 Å². The third-order valence-electron chi connectivity index (χ3n) is 5.32. The molecule has 0 bridgehead atoms. The molecule has 0 fully saturated rings. The summed E-state index contributed by atoms with van der Waals surface area (Å²) < 4.78 is 6.22. The molecular formula is C26H23Cl2NO. The van der Waals surface area contributed by atoms with E-state index in [2.05, 4.69) is 66.8 Å². The second-order valence-electron chi connectivity index (χ2n) is 7.27. The van der Waals surface area contributed by atoms with Crippen LogP contribution in [0.15, 0.2) is 84.9 Å². The van der Waals surface area contributed by atoms with Crippen LogP contribution in [0.3, 0.4) is 0 Å². The number of fused-ring (bicyclic) bond motifs is 1. The van der Waals surface area contributed by atoms with Gasteiger partial charge in [-0.05, 0) is 41.5 Å². The van der Waals surface area contributed by atoms with Crippen LogP contribution in [0.25, 0.3) is 10.8 Å². The third kappa shape index (κ3) is 4.62. The maximum Gasteiger partial charge on any atom is 0.124 e. The molecule has 0 aromatic heterocycles. The van der Waals surface area contributed by atoms with Gasteiger partial charge in [-0.3, -0.25) is 0 Å². The molecule has 0 saturated carbocycles. The minimum Gasteiger partial charge on any atom is -0.488 e. The molecule has 4 aromatic carbocycles. The van der Waals surface area contributed by atoms with E-state index in [-0.39, 0.29) is 6.04 Å². The second kappa shape index (κ2) is 9.53. The zero-order chi connectivity index (χ0) is 20.9. The zero-order valence-corrected chi connectivity index (χ0v) is 18.3. The molecule has 1 N–H and O–H groups in total. The van der Waals surface area contributed by atoms with Gasteiger partial charge in [-0.2, -0.15) is 0 Å². The monoisotopic (exact) mass is 435 g/mol. The van der Waals surface area contributed by atoms with E-state index in [4.69, 9.17) is 27.9 Å². The van der Waals surface area contributed by atoms with Gasteiger partial charge in [-0.1, -0.05) is 89.9 Å². The molecule has 4 aromatic rings.